The van der Waals surface area contributed by atoms with Crippen LogP contribution in [-0.2, 0) is 16.6 Å². The van der Waals surface area contributed by atoms with Crippen molar-refractivity contribution in [3.05, 3.63) is 71.7 Å². The lowest BCUT2D eigenvalue weighted by Crippen LogP contribution is -2.22. The first-order chi connectivity index (χ1) is 15.8. The average molecular weight is 467 g/mol. The first-order valence-electron chi connectivity index (χ1n) is 10.6. The summed E-state index contributed by atoms with van der Waals surface area (Å²) in [5, 5.41) is 7.25. The number of aromatic nitrogens is 2. The highest BCUT2D eigenvalue weighted by Gasteiger charge is 2.24. The number of nitrogens with one attached hydrogen (secondary N) is 2. The monoisotopic (exact) mass is 466 g/mol. The van der Waals surface area contributed by atoms with E-state index in [2.05, 4.69) is 34.0 Å². The molecule has 2 heterocycles. The van der Waals surface area contributed by atoms with Crippen molar-refractivity contribution < 1.29 is 17.4 Å². The molecule has 0 bridgehead atoms. The molecule has 172 valence electrons. The van der Waals surface area contributed by atoms with E-state index in [1.165, 1.54) is 6.26 Å². The maximum atomic E-state index is 13.3. The highest BCUT2D eigenvalue weighted by atomic mass is 32.2. The summed E-state index contributed by atoms with van der Waals surface area (Å²) in [4.78, 5) is 4.38. The third-order valence-electron chi connectivity index (χ3n) is 5.34. The van der Waals surface area contributed by atoms with E-state index in [4.69, 9.17) is 8.94 Å². The molecule has 2 aromatic carbocycles. The molecule has 0 atom stereocenters. The van der Waals surface area contributed by atoms with Crippen LogP contribution >= 0.6 is 0 Å². The van der Waals surface area contributed by atoms with Crippen molar-refractivity contribution in [1.82, 2.24) is 15.5 Å². The Kier molecular flexibility index (Phi) is 6.35. The number of sulfonamides is 1. The molecular formula is C24H26N4O4S. The smallest absolute Gasteiger partial charge is 0.264 e. The minimum absolute atomic E-state index is 0.114. The molecule has 0 aliphatic rings. The summed E-state index contributed by atoms with van der Waals surface area (Å²) in [6, 6.07) is 12.9. The maximum Gasteiger partial charge on any atom is 0.264 e. The highest BCUT2D eigenvalue weighted by molar-refractivity contribution is 7.92. The van der Waals surface area contributed by atoms with E-state index in [0.29, 0.717) is 29.3 Å². The van der Waals surface area contributed by atoms with Crippen LogP contribution in [0.2, 0.25) is 0 Å². The summed E-state index contributed by atoms with van der Waals surface area (Å²) in [6.07, 6.45) is 3.12. The minimum Gasteiger partial charge on any atom is -0.445 e. The molecular weight excluding hydrogens is 440 g/mol. The van der Waals surface area contributed by atoms with E-state index in [1.54, 1.807) is 38.2 Å². The van der Waals surface area contributed by atoms with Gasteiger partial charge in [-0.2, -0.15) is 0 Å². The van der Waals surface area contributed by atoms with Crippen LogP contribution in [0.4, 0.5) is 5.88 Å². The van der Waals surface area contributed by atoms with Gasteiger partial charge < -0.3 is 14.3 Å². The zero-order valence-electron chi connectivity index (χ0n) is 18.9. The molecule has 0 saturated heterocycles. The molecule has 0 aliphatic heterocycles. The number of nitrogens with zero attached hydrogens (tertiary/aromatic N) is 2. The second-order valence-corrected chi connectivity index (χ2v) is 9.72. The number of hydrogen-bond donors (Lipinski definition) is 2. The number of hydrogen-bond acceptors (Lipinski definition) is 7. The van der Waals surface area contributed by atoms with E-state index >= 15 is 0 Å². The summed E-state index contributed by atoms with van der Waals surface area (Å²) in [5.41, 5.74) is 4.39. The number of rotatable bonds is 8. The third kappa shape index (κ3) is 4.84. The van der Waals surface area contributed by atoms with E-state index in [0.717, 1.165) is 16.7 Å². The van der Waals surface area contributed by atoms with Gasteiger partial charge in [-0.15, -0.1) is 0 Å². The average Bonchev–Trinajstić information content (AvgIpc) is 3.44. The molecule has 2 N–H and O–H groups in total. The van der Waals surface area contributed by atoms with Gasteiger partial charge in [-0.25, -0.2) is 18.1 Å². The maximum absolute atomic E-state index is 13.3. The van der Waals surface area contributed by atoms with Crippen molar-refractivity contribution in [2.45, 2.75) is 45.2 Å². The Morgan fingerprint density at radius 1 is 1.06 bits per heavy atom. The van der Waals surface area contributed by atoms with Crippen molar-refractivity contribution in [2.75, 3.05) is 4.72 Å². The lowest BCUT2D eigenvalue weighted by Gasteiger charge is -2.17. The fraction of sp³-hybridized carbons (Fsp3) is 0.250. The second-order valence-electron chi connectivity index (χ2n) is 8.07. The zero-order chi connectivity index (χ0) is 23.6. The molecule has 4 aromatic rings. The first kappa shape index (κ1) is 22.8. The summed E-state index contributed by atoms with van der Waals surface area (Å²) in [7, 11) is -3.94. The summed E-state index contributed by atoms with van der Waals surface area (Å²) < 4.78 is 39.9. The van der Waals surface area contributed by atoms with Crippen LogP contribution in [0.15, 0.2) is 68.8 Å². The molecule has 0 spiro atoms. The Morgan fingerprint density at radius 3 is 2.52 bits per heavy atom. The van der Waals surface area contributed by atoms with Gasteiger partial charge in [0.2, 0.25) is 11.8 Å². The van der Waals surface area contributed by atoms with Gasteiger partial charge in [0, 0.05) is 29.3 Å². The molecule has 0 radical (unpaired) electrons. The second kappa shape index (κ2) is 9.21. The summed E-state index contributed by atoms with van der Waals surface area (Å²) in [5.74, 6) is 0.620. The normalized spacial score (nSPS) is 11.8. The number of anilines is 1. The lowest BCUT2D eigenvalue weighted by atomic mass is 9.97. The third-order valence-corrected chi connectivity index (χ3v) is 6.73. The van der Waals surface area contributed by atoms with Gasteiger partial charge >= 0.3 is 0 Å². The molecule has 8 nitrogen and oxygen atoms in total. The van der Waals surface area contributed by atoms with Crippen LogP contribution in [0.3, 0.4) is 0 Å². The molecule has 0 fully saturated rings. The molecule has 33 heavy (non-hydrogen) atoms. The van der Waals surface area contributed by atoms with E-state index in [1.807, 2.05) is 24.3 Å². The van der Waals surface area contributed by atoms with Gasteiger partial charge in [0.25, 0.3) is 10.0 Å². The van der Waals surface area contributed by atoms with Gasteiger partial charge in [0.15, 0.2) is 0 Å². The zero-order valence-corrected chi connectivity index (χ0v) is 19.7. The number of benzene rings is 2. The Hall–Kier alpha value is -3.43. The molecule has 0 amide bonds. The van der Waals surface area contributed by atoms with Gasteiger partial charge in [-0.3, -0.25) is 0 Å². The Labute approximate surface area is 193 Å². The first-order valence-corrected chi connectivity index (χ1v) is 12.1. The largest absolute Gasteiger partial charge is 0.445 e. The fourth-order valence-electron chi connectivity index (χ4n) is 3.43. The molecule has 0 aliphatic carbocycles. The summed E-state index contributed by atoms with van der Waals surface area (Å²) in [6.45, 7) is 8.17. The predicted octanol–water partition coefficient (Wildman–Crippen LogP) is 4.91. The Bertz CT molecular complexity index is 1360. The quantitative estimate of drug-likeness (QED) is 0.379. The van der Waals surface area contributed by atoms with Crippen molar-refractivity contribution in [3.63, 3.8) is 0 Å². The number of aryl methyl sites for hydroxylation is 1. The van der Waals surface area contributed by atoms with E-state index in [-0.39, 0.29) is 16.8 Å². The van der Waals surface area contributed by atoms with Crippen molar-refractivity contribution in [2.24, 2.45) is 0 Å². The van der Waals surface area contributed by atoms with E-state index in [9.17, 15) is 8.42 Å². The van der Waals surface area contributed by atoms with E-state index < -0.39 is 10.0 Å². The lowest BCUT2D eigenvalue weighted by molar-refractivity contribution is 0.430. The topological polar surface area (TPSA) is 110 Å². The summed E-state index contributed by atoms with van der Waals surface area (Å²) >= 11 is 0. The standard InChI is InChI=1S/C24H26N4O4S/c1-15(2)26-14-19-13-18(24-25-11-12-31-24)9-10-20(19)21-7-5-6-8-22(21)33(29,30)28-23-16(3)17(4)27-32-23/h5-13,15,26,28H,14H2,1-4H3. The molecule has 0 unspecified atom stereocenters. The fourth-order valence-corrected chi connectivity index (χ4v) is 4.70. The molecule has 4 rings (SSSR count). The molecule has 0 saturated carbocycles. The van der Waals surface area contributed by atoms with Gasteiger partial charge in [0.05, 0.1) is 16.8 Å². The SMILES string of the molecule is Cc1noc(NS(=O)(=O)c2ccccc2-c2ccc(-c3ncco3)cc2CNC(C)C)c1C. The Balaban J connectivity index is 1.80. The molecule has 2 aromatic heterocycles. The molecule has 9 heteroatoms. The van der Waals surface area contributed by atoms with Crippen LogP contribution in [0.5, 0.6) is 0 Å². The van der Waals surface area contributed by atoms with Crippen molar-refractivity contribution >= 4 is 15.9 Å². The minimum atomic E-state index is -3.94. The number of oxazole rings is 1. The van der Waals surface area contributed by atoms with Crippen molar-refractivity contribution in [3.8, 4) is 22.6 Å². The Morgan fingerprint density at radius 2 is 1.85 bits per heavy atom. The highest BCUT2D eigenvalue weighted by Crippen LogP contribution is 2.34. The van der Waals surface area contributed by atoms with Gasteiger partial charge in [-0.1, -0.05) is 43.3 Å². The van der Waals surface area contributed by atoms with Crippen LogP contribution < -0.4 is 10.0 Å². The van der Waals surface area contributed by atoms with Crippen LogP contribution in [0.1, 0.15) is 30.7 Å². The predicted molar refractivity (Wildman–Crippen MR) is 126 cm³/mol. The van der Waals surface area contributed by atoms with Gasteiger partial charge in [0.1, 0.15) is 6.26 Å². The van der Waals surface area contributed by atoms with Crippen molar-refractivity contribution in [1.29, 1.82) is 0 Å². The van der Waals surface area contributed by atoms with Crippen LogP contribution in [0, 0.1) is 13.8 Å². The van der Waals surface area contributed by atoms with Crippen LogP contribution in [-0.4, -0.2) is 24.6 Å². The van der Waals surface area contributed by atoms with Crippen LogP contribution in [0.25, 0.3) is 22.6 Å². The van der Waals surface area contributed by atoms with Gasteiger partial charge in [-0.05, 0) is 43.2 Å².